The third kappa shape index (κ3) is 5.49. The molecule has 1 saturated carbocycles. The minimum absolute atomic E-state index is 0.183. The van der Waals surface area contributed by atoms with Gasteiger partial charge in [0.25, 0.3) is 0 Å². The Labute approximate surface area is 231 Å². The molecular weight excluding hydrogens is 522 g/mol. The maximum absolute atomic E-state index is 6.84. The average Bonchev–Trinajstić information content (AvgIpc) is 3.30. The van der Waals surface area contributed by atoms with Gasteiger partial charge in [-0.05, 0) is 51.9 Å². The average molecular weight is 554 g/mol. The summed E-state index contributed by atoms with van der Waals surface area (Å²) in [4.78, 5) is 23.4. The highest BCUT2D eigenvalue weighted by Crippen LogP contribution is 2.41. The summed E-state index contributed by atoms with van der Waals surface area (Å²) in [5.74, 6) is 1.95. The molecule has 1 aromatic carbocycles. The van der Waals surface area contributed by atoms with Crippen molar-refractivity contribution in [3.8, 4) is 23.0 Å². The molecule has 11 heteroatoms. The summed E-state index contributed by atoms with van der Waals surface area (Å²) in [7, 11) is 2.16. The van der Waals surface area contributed by atoms with Gasteiger partial charge in [-0.15, -0.1) is 11.3 Å². The van der Waals surface area contributed by atoms with E-state index >= 15 is 0 Å². The highest BCUT2D eigenvalue weighted by molar-refractivity contribution is 7.09. The smallest absolute Gasteiger partial charge is 0.245 e. The van der Waals surface area contributed by atoms with Crippen LogP contribution in [0.5, 0.6) is 11.6 Å². The zero-order chi connectivity index (χ0) is 26.3. The third-order valence-corrected chi connectivity index (χ3v) is 8.37. The second-order valence-corrected chi connectivity index (χ2v) is 11.9. The first-order chi connectivity index (χ1) is 18.4. The number of aryl methyl sites for hydroxylation is 1. The van der Waals surface area contributed by atoms with E-state index in [1.54, 1.807) is 11.3 Å². The van der Waals surface area contributed by atoms with Gasteiger partial charge in [-0.1, -0.05) is 11.6 Å². The Morgan fingerprint density at radius 3 is 2.63 bits per heavy atom. The fraction of sp³-hybridized carbons (Fsp3) is 0.481. The molecule has 0 amide bonds. The Balaban J connectivity index is 1.28. The number of benzene rings is 1. The number of fused-ring (bicyclic) bond motifs is 1. The Morgan fingerprint density at radius 2 is 1.92 bits per heavy atom. The monoisotopic (exact) mass is 553 g/mol. The van der Waals surface area contributed by atoms with Crippen LogP contribution in [0.3, 0.4) is 0 Å². The van der Waals surface area contributed by atoms with E-state index in [9.17, 15) is 0 Å². The van der Waals surface area contributed by atoms with Crippen LogP contribution in [0.1, 0.15) is 30.5 Å². The van der Waals surface area contributed by atoms with Crippen LogP contribution < -0.4 is 9.47 Å². The zero-order valence-electron chi connectivity index (χ0n) is 22.0. The topological polar surface area (TPSA) is 81.4 Å². The van der Waals surface area contributed by atoms with Gasteiger partial charge >= 0.3 is 0 Å². The van der Waals surface area contributed by atoms with Gasteiger partial charge in [-0.25, -0.2) is 15.0 Å². The first kappa shape index (κ1) is 25.5. The Kier molecular flexibility index (Phi) is 6.98. The molecule has 9 nitrogen and oxygen atoms in total. The Bertz CT molecular complexity index is 1440. The molecule has 200 valence electrons. The van der Waals surface area contributed by atoms with E-state index in [-0.39, 0.29) is 5.60 Å². The Hall–Kier alpha value is -2.79. The van der Waals surface area contributed by atoms with Gasteiger partial charge in [0.05, 0.1) is 22.3 Å². The van der Waals surface area contributed by atoms with Gasteiger partial charge in [0, 0.05) is 43.7 Å². The molecular formula is C27H32ClN7O2S. The van der Waals surface area contributed by atoms with Crippen molar-refractivity contribution in [1.82, 2.24) is 34.3 Å². The molecule has 38 heavy (non-hydrogen) atoms. The molecule has 0 atom stereocenters. The van der Waals surface area contributed by atoms with Crippen molar-refractivity contribution in [3.63, 3.8) is 0 Å². The lowest BCUT2D eigenvalue weighted by molar-refractivity contribution is 0.134. The van der Waals surface area contributed by atoms with Crippen LogP contribution >= 0.6 is 22.9 Å². The SMILES string of the molecule is Cc1nc(Cn2c(-c3ccc(OCCN4CCN(C)CC4)cc3Cl)nc3c(OC4(C)CC4)ncnc32)cs1. The predicted molar refractivity (Wildman–Crippen MR) is 149 cm³/mol. The highest BCUT2D eigenvalue weighted by atomic mass is 35.5. The standard InChI is InChI=1S/C27H32ClN7O2S/c1-18-31-19(16-38-18)15-35-24(32-23-25(35)29-17-30-26(23)37-27(2)6-7-27)21-5-4-20(14-22(21)28)36-13-12-34-10-8-33(3)9-11-34/h4-5,14,16-17H,6-13,15H2,1-3H3. The maximum atomic E-state index is 6.84. The second-order valence-electron chi connectivity index (χ2n) is 10.4. The van der Waals surface area contributed by atoms with Crippen LogP contribution in [0.2, 0.25) is 5.02 Å². The van der Waals surface area contributed by atoms with Crippen molar-refractivity contribution in [2.75, 3.05) is 46.4 Å². The number of piperazine rings is 1. The number of hydrogen-bond donors (Lipinski definition) is 0. The van der Waals surface area contributed by atoms with Gasteiger partial charge < -0.3 is 18.9 Å². The lowest BCUT2D eigenvalue weighted by atomic mass is 10.2. The van der Waals surface area contributed by atoms with Crippen LogP contribution in [-0.4, -0.2) is 86.3 Å². The third-order valence-electron chi connectivity index (χ3n) is 7.24. The molecule has 4 aromatic rings. The first-order valence-electron chi connectivity index (χ1n) is 13.0. The molecule has 3 aromatic heterocycles. The maximum Gasteiger partial charge on any atom is 0.245 e. The van der Waals surface area contributed by atoms with E-state index in [1.807, 2.05) is 29.7 Å². The van der Waals surface area contributed by atoms with Crippen LogP contribution in [0.4, 0.5) is 0 Å². The van der Waals surface area contributed by atoms with Gasteiger partial charge in [-0.2, -0.15) is 4.98 Å². The van der Waals surface area contributed by atoms with Crippen LogP contribution in [-0.2, 0) is 6.54 Å². The lowest BCUT2D eigenvalue weighted by Crippen LogP contribution is -2.45. The molecule has 0 radical (unpaired) electrons. The van der Waals surface area contributed by atoms with Crippen molar-refractivity contribution in [2.45, 2.75) is 38.8 Å². The molecule has 6 rings (SSSR count). The minimum Gasteiger partial charge on any atom is -0.492 e. The van der Waals surface area contributed by atoms with Crippen LogP contribution in [0.15, 0.2) is 29.9 Å². The predicted octanol–water partition coefficient (Wildman–Crippen LogP) is 4.52. The largest absolute Gasteiger partial charge is 0.492 e. The highest BCUT2D eigenvalue weighted by Gasteiger charge is 2.41. The van der Waals surface area contributed by atoms with Crippen molar-refractivity contribution in [1.29, 1.82) is 0 Å². The summed E-state index contributed by atoms with van der Waals surface area (Å²) < 4.78 is 14.3. The number of hydrogen-bond acceptors (Lipinski definition) is 9. The number of thiazole rings is 1. The molecule has 1 aliphatic carbocycles. The van der Waals surface area contributed by atoms with Gasteiger partial charge in [0.1, 0.15) is 30.1 Å². The van der Waals surface area contributed by atoms with Gasteiger partial charge in [0.2, 0.25) is 5.88 Å². The summed E-state index contributed by atoms with van der Waals surface area (Å²) in [6, 6.07) is 5.79. The molecule has 2 fully saturated rings. The fourth-order valence-electron chi connectivity index (χ4n) is 4.63. The molecule has 4 heterocycles. The summed E-state index contributed by atoms with van der Waals surface area (Å²) in [6.07, 6.45) is 3.55. The minimum atomic E-state index is -0.183. The van der Waals surface area contributed by atoms with E-state index in [2.05, 4.69) is 44.1 Å². The van der Waals surface area contributed by atoms with Crippen LogP contribution in [0, 0.1) is 6.92 Å². The Morgan fingerprint density at radius 1 is 1.11 bits per heavy atom. The number of imidazole rings is 1. The number of ether oxygens (including phenoxy) is 2. The van der Waals surface area contributed by atoms with E-state index in [0.29, 0.717) is 41.0 Å². The molecule has 0 bridgehead atoms. The molecule has 0 unspecified atom stereocenters. The second kappa shape index (κ2) is 10.4. The van der Waals surface area contributed by atoms with E-state index in [4.69, 9.17) is 26.1 Å². The number of aromatic nitrogens is 5. The zero-order valence-corrected chi connectivity index (χ0v) is 23.6. The number of halogens is 1. The molecule has 1 aliphatic heterocycles. The van der Waals surface area contributed by atoms with Crippen LogP contribution in [0.25, 0.3) is 22.6 Å². The fourth-order valence-corrected chi connectivity index (χ4v) is 5.49. The van der Waals surface area contributed by atoms with Crippen molar-refractivity contribution < 1.29 is 9.47 Å². The normalized spacial score (nSPS) is 17.7. The lowest BCUT2D eigenvalue weighted by Gasteiger charge is -2.32. The molecule has 2 aliphatic rings. The van der Waals surface area contributed by atoms with Gasteiger partial charge in [-0.3, -0.25) is 4.90 Å². The van der Waals surface area contributed by atoms with Crippen molar-refractivity contribution in [3.05, 3.63) is 45.6 Å². The van der Waals surface area contributed by atoms with E-state index < -0.39 is 0 Å². The number of nitrogens with zero attached hydrogens (tertiary/aromatic N) is 7. The van der Waals surface area contributed by atoms with Crippen molar-refractivity contribution >= 4 is 34.1 Å². The van der Waals surface area contributed by atoms with E-state index in [0.717, 1.165) is 67.6 Å². The number of likely N-dealkylation sites (N-methyl/N-ethyl adjacent to an activating group) is 1. The molecule has 0 N–H and O–H groups in total. The summed E-state index contributed by atoms with van der Waals surface area (Å²) in [5, 5.41) is 3.65. The first-order valence-corrected chi connectivity index (χ1v) is 14.3. The van der Waals surface area contributed by atoms with Gasteiger partial charge in [0.15, 0.2) is 11.2 Å². The summed E-state index contributed by atoms with van der Waals surface area (Å²) in [6.45, 7) is 10.5. The molecule has 0 spiro atoms. The number of rotatable bonds is 9. The van der Waals surface area contributed by atoms with E-state index in [1.165, 1.54) is 6.33 Å². The summed E-state index contributed by atoms with van der Waals surface area (Å²) >= 11 is 8.47. The van der Waals surface area contributed by atoms with Crippen molar-refractivity contribution in [2.24, 2.45) is 0 Å². The quantitative estimate of drug-likeness (QED) is 0.299. The summed E-state index contributed by atoms with van der Waals surface area (Å²) in [5.41, 5.74) is 2.89. The molecule has 1 saturated heterocycles.